The van der Waals surface area contributed by atoms with Crippen molar-refractivity contribution in [1.29, 1.82) is 0 Å². The lowest BCUT2D eigenvalue weighted by Gasteiger charge is -2.39. The van der Waals surface area contributed by atoms with E-state index in [1.54, 1.807) is 0 Å². The van der Waals surface area contributed by atoms with Gasteiger partial charge in [-0.1, -0.05) is 23.9 Å². The number of ether oxygens (including phenoxy) is 1. The van der Waals surface area contributed by atoms with E-state index in [1.807, 2.05) is 37.4 Å². The van der Waals surface area contributed by atoms with E-state index in [0.717, 1.165) is 25.9 Å². The third kappa shape index (κ3) is 3.12. The van der Waals surface area contributed by atoms with Gasteiger partial charge in [-0.05, 0) is 45.7 Å². The average molecular weight is 306 g/mol. The van der Waals surface area contributed by atoms with Gasteiger partial charge in [0.25, 0.3) is 0 Å². The van der Waals surface area contributed by atoms with Crippen molar-refractivity contribution in [1.82, 2.24) is 4.90 Å². The summed E-state index contributed by atoms with van der Waals surface area (Å²) >= 11 is 1.90. The van der Waals surface area contributed by atoms with Crippen molar-refractivity contribution < 1.29 is 9.53 Å². The number of anilines is 1. The minimum atomic E-state index is -0.428. The molecule has 0 atom stereocenters. The number of thioether (sulfide) groups is 1. The minimum absolute atomic E-state index is 0.0438. The second-order valence-electron chi connectivity index (χ2n) is 6.68. The van der Waals surface area contributed by atoms with Gasteiger partial charge in [0.1, 0.15) is 5.60 Å². The molecule has 0 radical (unpaired) electrons. The lowest BCUT2D eigenvalue weighted by atomic mass is 10.0. The minimum Gasteiger partial charge on any atom is -0.444 e. The Hall–Kier alpha value is -1.36. The summed E-state index contributed by atoms with van der Waals surface area (Å²) < 4.78 is 5.45. The van der Waals surface area contributed by atoms with Gasteiger partial charge < -0.3 is 15.0 Å². The van der Waals surface area contributed by atoms with Crippen LogP contribution >= 0.6 is 11.8 Å². The van der Waals surface area contributed by atoms with Gasteiger partial charge in [0.2, 0.25) is 0 Å². The van der Waals surface area contributed by atoms with Crippen LogP contribution in [-0.4, -0.2) is 34.6 Å². The SMILES string of the molecule is CC(C)(C)OC(=O)N1CCC2(CC1)Nc1ccccc1S2. The lowest BCUT2D eigenvalue weighted by Crippen LogP contribution is -2.48. The highest BCUT2D eigenvalue weighted by atomic mass is 32.2. The normalized spacial score (nSPS) is 20.0. The first-order valence-electron chi connectivity index (χ1n) is 7.41. The van der Waals surface area contributed by atoms with Crippen LogP contribution in [0, 0.1) is 0 Å². The summed E-state index contributed by atoms with van der Waals surface area (Å²) in [5.74, 6) is 0. The van der Waals surface area contributed by atoms with Crippen LogP contribution in [0.25, 0.3) is 0 Å². The maximum atomic E-state index is 12.1. The van der Waals surface area contributed by atoms with Crippen LogP contribution in [0.3, 0.4) is 0 Å². The molecule has 1 aromatic carbocycles. The number of hydrogen-bond acceptors (Lipinski definition) is 4. The molecule has 0 aliphatic carbocycles. The van der Waals surface area contributed by atoms with Crippen molar-refractivity contribution in [3.63, 3.8) is 0 Å². The molecule has 0 bridgehead atoms. The topological polar surface area (TPSA) is 41.6 Å². The Kier molecular flexibility index (Phi) is 3.56. The van der Waals surface area contributed by atoms with Crippen LogP contribution in [0.2, 0.25) is 0 Å². The standard InChI is InChI=1S/C16H22N2O2S/c1-15(2,3)20-14(19)18-10-8-16(9-11-18)17-12-6-4-5-7-13(12)21-16/h4-7,17H,8-11H2,1-3H3. The van der Waals surface area contributed by atoms with Gasteiger partial charge in [0.05, 0.1) is 4.87 Å². The number of benzene rings is 1. The van der Waals surface area contributed by atoms with Gasteiger partial charge in [-0.25, -0.2) is 4.79 Å². The Bertz CT molecular complexity index is 518. The smallest absolute Gasteiger partial charge is 0.410 e. The second kappa shape index (κ2) is 5.13. The van der Waals surface area contributed by atoms with E-state index in [0.29, 0.717) is 0 Å². The average Bonchev–Trinajstić information content (AvgIpc) is 2.75. The van der Waals surface area contributed by atoms with Crippen molar-refractivity contribution in [3.05, 3.63) is 24.3 Å². The maximum Gasteiger partial charge on any atom is 0.410 e. The van der Waals surface area contributed by atoms with Crippen LogP contribution in [0.4, 0.5) is 10.5 Å². The number of nitrogens with zero attached hydrogens (tertiary/aromatic N) is 1. The molecule has 1 N–H and O–H groups in total. The molecule has 2 aliphatic rings. The van der Waals surface area contributed by atoms with Gasteiger partial charge in [0, 0.05) is 23.7 Å². The van der Waals surface area contributed by atoms with E-state index >= 15 is 0 Å². The maximum absolute atomic E-state index is 12.1. The molecule has 1 amide bonds. The van der Waals surface area contributed by atoms with E-state index in [9.17, 15) is 4.79 Å². The summed E-state index contributed by atoms with van der Waals surface area (Å²) in [5, 5.41) is 3.64. The molecule has 3 rings (SSSR count). The van der Waals surface area contributed by atoms with Gasteiger partial charge in [-0.2, -0.15) is 0 Å². The molecule has 1 fully saturated rings. The first-order valence-corrected chi connectivity index (χ1v) is 8.23. The fourth-order valence-corrected chi connectivity index (χ4v) is 4.09. The highest BCUT2D eigenvalue weighted by Gasteiger charge is 2.41. The Morgan fingerprint density at radius 3 is 2.57 bits per heavy atom. The highest BCUT2D eigenvalue weighted by Crippen LogP contribution is 2.50. The second-order valence-corrected chi connectivity index (χ2v) is 8.11. The van der Waals surface area contributed by atoms with Crippen LogP contribution in [0.15, 0.2) is 29.2 Å². The van der Waals surface area contributed by atoms with E-state index < -0.39 is 5.60 Å². The fraction of sp³-hybridized carbons (Fsp3) is 0.562. The molecule has 0 aromatic heterocycles. The number of amides is 1. The number of para-hydroxylation sites is 1. The zero-order chi connectivity index (χ0) is 15.1. The molecule has 21 heavy (non-hydrogen) atoms. The number of hydrogen-bond donors (Lipinski definition) is 1. The van der Waals surface area contributed by atoms with Gasteiger partial charge in [-0.3, -0.25) is 0 Å². The Morgan fingerprint density at radius 2 is 1.95 bits per heavy atom. The van der Waals surface area contributed by atoms with E-state index in [2.05, 4.69) is 29.6 Å². The summed E-state index contributed by atoms with van der Waals surface area (Å²) in [6, 6.07) is 8.41. The third-order valence-electron chi connectivity index (χ3n) is 3.78. The molecule has 1 saturated heterocycles. The van der Waals surface area contributed by atoms with Crippen molar-refractivity contribution in [3.8, 4) is 0 Å². The zero-order valence-electron chi connectivity index (χ0n) is 12.8. The molecule has 2 heterocycles. The number of carbonyl (C=O) groups excluding carboxylic acids is 1. The molecule has 0 saturated carbocycles. The lowest BCUT2D eigenvalue weighted by molar-refractivity contribution is 0.0204. The van der Waals surface area contributed by atoms with Crippen LogP contribution in [0.1, 0.15) is 33.6 Å². The Morgan fingerprint density at radius 1 is 1.29 bits per heavy atom. The monoisotopic (exact) mass is 306 g/mol. The predicted octanol–water partition coefficient (Wildman–Crippen LogP) is 3.93. The van der Waals surface area contributed by atoms with Gasteiger partial charge >= 0.3 is 6.09 Å². The first-order chi connectivity index (χ1) is 9.87. The summed E-state index contributed by atoms with van der Waals surface area (Å²) in [7, 11) is 0. The summed E-state index contributed by atoms with van der Waals surface area (Å²) in [6.07, 6.45) is 1.68. The van der Waals surface area contributed by atoms with Crippen molar-refractivity contribution in [2.24, 2.45) is 0 Å². The molecule has 0 unspecified atom stereocenters. The van der Waals surface area contributed by atoms with Crippen molar-refractivity contribution in [2.45, 2.75) is 49.0 Å². The fourth-order valence-electron chi connectivity index (χ4n) is 2.74. The predicted molar refractivity (Wildman–Crippen MR) is 85.7 cm³/mol. The third-order valence-corrected chi connectivity index (χ3v) is 5.25. The van der Waals surface area contributed by atoms with Crippen LogP contribution in [-0.2, 0) is 4.74 Å². The summed E-state index contributed by atoms with van der Waals surface area (Å²) in [4.78, 5) is 15.3. The van der Waals surface area contributed by atoms with E-state index in [4.69, 9.17) is 4.74 Å². The van der Waals surface area contributed by atoms with E-state index in [-0.39, 0.29) is 11.0 Å². The number of nitrogens with one attached hydrogen (secondary N) is 1. The molecular weight excluding hydrogens is 284 g/mol. The van der Waals surface area contributed by atoms with E-state index in [1.165, 1.54) is 10.6 Å². The Balaban J connectivity index is 1.61. The highest BCUT2D eigenvalue weighted by molar-refractivity contribution is 8.01. The molecular formula is C16H22N2O2S. The van der Waals surface area contributed by atoms with Crippen LogP contribution < -0.4 is 5.32 Å². The van der Waals surface area contributed by atoms with Gasteiger partial charge in [-0.15, -0.1) is 0 Å². The summed E-state index contributed by atoms with van der Waals surface area (Å²) in [6.45, 7) is 7.19. The van der Waals surface area contributed by atoms with Crippen LogP contribution in [0.5, 0.6) is 0 Å². The zero-order valence-corrected chi connectivity index (χ0v) is 13.6. The number of fused-ring (bicyclic) bond motifs is 1. The number of carbonyl (C=O) groups is 1. The molecule has 2 aliphatic heterocycles. The number of piperidine rings is 1. The largest absolute Gasteiger partial charge is 0.444 e. The Labute approximate surface area is 130 Å². The number of likely N-dealkylation sites (tertiary alicyclic amines) is 1. The van der Waals surface area contributed by atoms with Gasteiger partial charge in [0.15, 0.2) is 0 Å². The molecule has 5 heteroatoms. The first kappa shape index (κ1) is 14.6. The number of rotatable bonds is 0. The molecule has 114 valence electrons. The quantitative estimate of drug-likeness (QED) is 0.788. The molecule has 1 spiro atoms. The molecule has 1 aromatic rings. The summed E-state index contributed by atoms with van der Waals surface area (Å²) in [5.41, 5.74) is 0.788. The van der Waals surface area contributed by atoms with Crippen molar-refractivity contribution in [2.75, 3.05) is 18.4 Å². The van der Waals surface area contributed by atoms with Crippen molar-refractivity contribution >= 4 is 23.5 Å². The molecule has 4 nitrogen and oxygen atoms in total.